The molecule has 0 radical (unpaired) electrons. The Morgan fingerprint density at radius 1 is 1.60 bits per heavy atom. The zero-order valence-corrected chi connectivity index (χ0v) is 6.63. The van der Waals surface area contributed by atoms with Gasteiger partial charge in [-0.25, -0.2) is 0 Å². The van der Waals surface area contributed by atoms with Gasteiger partial charge in [-0.15, -0.1) is 0 Å². The molecule has 58 valence electrons. The maximum absolute atomic E-state index is 4.69. The van der Waals surface area contributed by atoms with Crippen molar-refractivity contribution in [2.75, 3.05) is 27.2 Å². The fraction of sp³-hybridized carbons (Fsp3) is 0.857. The van der Waals surface area contributed by atoms with Crippen molar-refractivity contribution in [2.45, 2.75) is 12.8 Å². The van der Waals surface area contributed by atoms with E-state index >= 15 is 0 Å². The van der Waals surface area contributed by atoms with Gasteiger partial charge in [0.05, 0.1) is 5.71 Å². The minimum atomic E-state index is 0.966. The monoisotopic (exact) mass is 142 g/mol. The number of likely N-dealkylation sites (tertiary alicyclic amines) is 1. The molecule has 0 aliphatic carbocycles. The van der Waals surface area contributed by atoms with E-state index in [1.807, 2.05) is 0 Å². The number of hydrogen-bond acceptors (Lipinski definition) is 3. The number of nitrogens with zero attached hydrogens (tertiary/aromatic N) is 2. The smallest absolute Gasteiger partial charge is 0.106 e. The largest absolute Gasteiger partial charge is 0.399 e. The number of oxime groups is 1. The fourth-order valence-electron chi connectivity index (χ4n) is 1.23. The average molecular weight is 142 g/mol. The Hall–Kier alpha value is -0.570. The Labute approximate surface area is 61.6 Å². The summed E-state index contributed by atoms with van der Waals surface area (Å²) < 4.78 is 0. The molecule has 0 aromatic carbocycles. The molecule has 1 aliphatic rings. The van der Waals surface area contributed by atoms with Crippen LogP contribution in [0.2, 0.25) is 0 Å². The van der Waals surface area contributed by atoms with E-state index in [4.69, 9.17) is 4.84 Å². The maximum atomic E-state index is 4.69. The summed E-state index contributed by atoms with van der Waals surface area (Å²) in [6.45, 7) is 2.15. The normalized spacial score (nSPS) is 25.2. The van der Waals surface area contributed by atoms with Crippen LogP contribution in [0.25, 0.3) is 0 Å². The molecule has 1 heterocycles. The molecule has 0 amide bonds. The second-order valence-corrected chi connectivity index (χ2v) is 2.68. The van der Waals surface area contributed by atoms with Crippen LogP contribution in [0, 0.1) is 0 Å². The molecular weight excluding hydrogens is 128 g/mol. The number of rotatable bonds is 1. The molecule has 0 bridgehead atoms. The molecule has 3 nitrogen and oxygen atoms in total. The van der Waals surface area contributed by atoms with E-state index in [1.165, 1.54) is 13.0 Å². The van der Waals surface area contributed by atoms with Crippen molar-refractivity contribution in [3.8, 4) is 0 Å². The van der Waals surface area contributed by atoms with Gasteiger partial charge in [-0.05, 0) is 26.4 Å². The summed E-state index contributed by atoms with van der Waals surface area (Å²) >= 11 is 0. The van der Waals surface area contributed by atoms with Crippen molar-refractivity contribution >= 4 is 5.71 Å². The van der Waals surface area contributed by atoms with Gasteiger partial charge in [-0.3, -0.25) is 0 Å². The highest BCUT2D eigenvalue weighted by Crippen LogP contribution is 2.04. The molecule has 0 atom stereocenters. The SMILES string of the molecule is CO/N=C1/CCCN(C)C1. The lowest BCUT2D eigenvalue weighted by atomic mass is 10.1. The maximum Gasteiger partial charge on any atom is 0.106 e. The molecule has 0 aromatic rings. The first-order chi connectivity index (χ1) is 4.83. The van der Waals surface area contributed by atoms with Gasteiger partial charge >= 0.3 is 0 Å². The van der Waals surface area contributed by atoms with Crippen molar-refractivity contribution in [1.29, 1.82) is 0 Å². The second kappa shape index (κ2) is 3.56. The van der Waals surface area contributed by atoms with Gasteiger partial charge < -0.3 is 9.74 Å². The number of piperidine rings is 1. The summed E-state index contributed by atoms with van der Waals surface area (Å²) in [4.78, 5) is 6.94. The lowest BCUT2D eigenvalue weighted by molar-refractivity contribution is 0.207. The number of hydrogen-bond donors (Lipinski definition) is 0. The van der Waals surface area contributed by atoms with Gasteiger partial charge in [-0.2, -0.15) is 0 Å². The van der Waals surface area contributed by atoms with Gasteiger partial charge in [0.25, 0.3) is 0 Å². The average Bonchev–Trinajstić information content (AvgIpc) is 1.88. The van der Waals surface area contributed by atoms with Crippen LogP contribution in [0.4, 0.5) is 0 Å². The van der Waals surface area contributed by atoms with Gasteiger partial charge in [-0.1, -0.05) is 5.16 Å². The van der Waals surface area contributed by atoms with Gasteiger partial charge in [0, 0.05) is 6.54 Å². The molecule has 0 spiro atoms. The lowest BCUT2D eigenvalue weighted by Crippen LogP contribution is -2.32. The fourth-order valence-corrected chi connectivity index (χ4v) is 1.23. The van der Waals surface area contributed by atoms with Gasteiger partial charge in [0.2, 0.25) is 0 Å². The molecule has 0 N–H and O–H groups in total. The molecule has 0 saturated carbocycles. The van der Waals surface area contributed by atoms with Crippen LogP contribution in [0.3, 0.4) is 0 Å². The van der Waals surface area contributed by atoms with Crippen LogP contribution in [-0.2, 0) is 4.84 Å². The Balaban J connectivity index is 2.39. The molecular formula is C7H14N2O. The summed E-state index contributed by atoms with van der Waals surface area (Å²) in [6, 6.07) is 0. The molecule has 1 fully saturated rings. The Morgan fingerprint density at radius 3 is 3.00 bits per heavy atom. The molecule has 3 heteroatoms. The third kappa shape index (κ3) is 1.99. The highest BCUT2D eigenvalue weighted by atomic mass is 16.6. The van der Waals surface area contributed by atoms with Gasteiger partial charge in [0.15, 0.2) is 0 Å². The summed E-state index contributed by atoms with van der Waals surface area (Å²) in [5.74, 6) is 0. The first-order valence-electron chi connectivity index (χ1n) is 3.60. The van der Waals surface area contributed by atoms with Gasteiger partial charge in [0.1, 0.15) is 7.11 Å². The van der Waals surface area contributed by atoms with E-state index in [-0.39, 0.29) is 0 Å². The van der Waals surface area contributed by atoms with Crippen LogP contribution in [0.15, 0.2) is 5.16 Å². The summed E-state index contributed by atoms with van der Waals surface area (Å²) in [5, 5.41) is 3.91. The zero-order valence-electron chi connectivity index (χ0n) is 6.63. The van der Waals surface area contributed by atoms with Crippen molar-refractivity contribution in [2.24, 2.45) is 5.16 Å². The van der Waals surface area contributed by atoms with E-state index < -0.39 is 0 Å². The van der Waals surface area contributed by atoms with Crippen molar-refractivity contribution < 1.29 is 4.84 Å². The van der Waals surface area contributed by atoms with Crippen molar-refractivity contribution in [3.05, 3.63) is 0 Å². The van der Waals surface area contributed by atoms with E-state index in [1.54, 1.807) is 7.11 Å². The predicted molar refractivity (Wildman–Crippen MR) is 41.2 cm³/mol. The van der Waals surface area contributed by atoms with E-state index in [2.05, 4.69) is 17.1 Å². The van der Waals surface area contributed by atoms with Crippen LogP contribution < -0.4 is 0 Å². The van der Waals surface area contributed by atoms with Crippen LogP contribution in [-0.4, -0.2) is 37.9 Å². The topological polar surface area (TPSA) is 24.8 Å². The summed E-state index contributed by atoms with van der Waals surface area (Å²) in [5.41, 5.74) is 1.16. The van der Waals surface area contributed by atoms with Crippen LogP contribution in [0.1, 0.15) is 12.8 Å². The zero-order chi connectivity index (χ0) is 7.40. The molecule has 1 saturated heterocycles. The summed E-state index contributed by atoms with van der Waals surface area (Å²) in [6.07, 6.45) is 2.30. The predicted octanol–water partition coefficient (Wildman–Crippen LogP) is 0.714. The Kier molecular flexibility index (Phi) is 2.68. The minimum Gasteiger partial charge on any atom is -0.399 e. The first-order valence-corrected chi connectivity index (χ1v) is 3.60. The molecule has 1 rings (SSSR count). The van der Waals surface area contributed by atoms with E-state index in [9.17, 15) is 0 Å². The quantitative estimate of drug-likeness (QED) is 0.504. The molecule has 0 unspecified atom stereocenters. The molecule has 0 aromatic heterocycles. The highest BCUT2D eigenvalue weighted by Gasteiger charge is 2.11. The Bertz CT molecular complexity index is 134. The van der Waals surface area contributed by atoms with E-state index in [0.29, 0.717) is 0 Å². The minimum absolute atomic E-state index is 0.966. The highest BCUT2D eigenvalue weighted by molar-refractivity contribution is 5.86. The van der Waals surface area contributed by atoms with Crippen molar-refractivity contribution in [1.82, 2.24) is 4.90 Å². The first kappa shape index (κ1) is 7.54. The molecule has 1 aliphatic heterocycles. The third-order valence-electron chi connectivity index (χ3n) is 1.68. The lowest BCUT2D eigenvalue weighted by Gasteiger charge is -2.22. The standard InChI is InChI=1S/C7H14N2O/c1-9-5-3-4-7(6-9)8-10-2/h3-6H2,1-2H3/b8-7-. The Morgan fingerprint density at radius 2 is 2.40 bits per heavy atom. The summed E-state index contributed by atoms with van der Waals surface area (Å²) in [7, 11) is 3.70. The van der Waals surface area contributed by atoms with E-state index in [0.717, 1.165) is 18.7 Å². The van der Waals surface area contributed by atoms with Crippen LogP contribution >= 0.6 is 0 Å². The van der Waals surface area contributed by atoms with Crippen LogP contribution in [0.5, 0.6) is 0 Å². The third-order valence-corrected chi connectivity index (χ3v) is 1.68. The molecule has 10 heavy (non-hydrogen) atoms. The van der Waals surface area contributed by atoms with Crippen molar-refractivity contribution in [3.63, 3.8) is 0 Å². The second-order valence-electron chi connectivity index (χ2n) is 2.68.